The van der Waals surface area contributed by atoms with E-state index in [1.54, 1.807) is 24.1 Å². The lowest BCUT2D eigenvalue weighted by atomic mass is 10.1. The Kier molecular flexibility index (Phi) is 5.27. The van der Waals surface area contributed by atoms with Crippen LogP contribution >= 0.6 is 0 Å². The third-order valence-corrected chi connectivity index (χ3v) is 4.23. The van der Waals surface area contributed by atoms with Crippen molar-refractivity contribution in [1.29, 1.82) is 0 Å². The highest BCUT2D eigenvalue weighted by Gasteiger charge is 2.14. The fourth-order valence-corrected chi connectivity index (χ4v) is 2.78. The van der Waals surface area contributed by atoms with Gasteiger partial charge in [-0.15, -0.1) is 10.2 Å². The first-order valence-electron chi connectivity index (χ1n) is 8.51. The summed E-state index contributed by atoms with van der Waals surface area (Å²) in [5.74, 6) is 0.463. The monoisotopic (exact) mass is 346 g/mol. The molecule has 0 spiro atoms. The predicted molar refractivity (Wildman–Crippen MR) is 103 cm³/mol. The lowest BCUT2D eigenvalue weighted by molar-refractivity contribution is 0.0778. The molecule has 0 atom stereocenters. The van der Waals surface area contributed by atoms with Crippen LogP contribution in [-0.2, 0) is 6.54 Å². The quantitative estimate of drug-likeness (QED) is 0.755. The van der Waals surface area contributed by atoms with E-state index in [1.165, 1.54) is 0 Å². The number of hydrogen-bond acceptors (Lipinski definition) is 4. The van der Waals surface area contributed by atoms with Crippen LogP contribution < -0.4 is 5.32 Å². The molecule has 1 aromatic heterocycles. The zero-order chi connectivity index (χ0) is 18.5. The van der Waals surface area contributed by atoms with Gasteiger partial charge < -0.3 is 10.2 Å². The van der Waals surface area contributed by atoms with E-state index in [1.807, 2.05) is 62.4 Å². The Balaban J connectivity index is 1.70. The second kappa shape index (κ2) is 7.78. The number of aromatic nitrogens is 2. The number of rotatable bonds is 5. The molecule has 1 amide bonds. The number of para-hydroxylation sites is 1. The smallest absolute Gasteiger partial charge is 0.274 e. The average Bonchev–Trinajstić information content (AvgIpc) is 2.65. The van der Waals surface area contributed by atoms with Gasteiger partial charge in [0.25, 0.3) is 5.91 Å². The van der Waals surface area contributed by atoms with E-state index < -0.39 is 0 Å². The van der Waals surface area contributed by atoms with Crippen LogP contribution in [-0.4, -0.2) is 28.1 Å². The molecule has 2 aromatic carbocycles. The van der Waals surface area contributed by atoms with E-state index in [2.05, 4.69) is 15.5 Å². The van der Waals surface area contributed by atoms with Crippen molar-refractivity contribution in [3.8, 4) is 0 Å². The van der Waals surface area contributed by atoms with Crippen molar-refractivity contribution < 1.29 is 4.79 Å². The van der Waals surface area contributed by atoms with Crippen LogP contribution in [0.5, 0.6) is 0 Å². The molecular formula is C21H22N4O. The molecule has 0 aliphatic heterocycles. The van der Waals surface area contributed by atoms with Crippen LogP contribution in [0.2, 0.25) is 0 Å². The van der Waals surface area contributed by atoms with Crippen LogP contribution in [0.25, 0.3) is 0 Å². The van der Waals surface area contributed by atoms with Gasteiger partial charge in [0.1, 0.15) is 0 Å². The third kappa shape index (κ3) is 4.06. The molecule has 0 aliphatic carbocycles. The van der Waals surface area contributed by atoms with Gasteiger partial charge in [0, 0.05) is 19.3 Å². The van der Waals surface area contributed by atoms with E-state index in [0.717, 1.165) is 22.4 Å². The minimum atomic E-state index is -0.153. The van der Waals surface area contributed by atoms with E-state index >= 15 is 0 Å². The van der Waals surface area contributed by atoms with Gasteiger partial charge in [-0.25, -0.2) is 0 Å². The number of hydrogen-bond donors (Lipinski definition) is 1. The molecule has 1 N–H and O–H groups in total. The lowest BCUT2D eigenvalue weighted by Gasteiger charge is -2.17. The Bertz CT molecular complexity index is 871. The molecule has 0 radical (unpaired) electrons. The maximum atomic E-state index is 12.5. The van der Waals surface area contributed by atoms with Gasteiger partial charge in [-0.3, -0.25) is 4.79 Å². The van der Waals surface area contributed by atoms with Crippen LogP contribution in [0.1, 0.15) is 27.2 Å². The van der Waals surface area contributed by atoms with Crippen molar-refractivity contribution >= 4 is 17.4 Å². The predicted octanol–water partition coefficient (Wildman–Crippen LogP) is 4.11. The van der Waals surface area contributed by atoms with Gasteiger partial charge >= 0.3 is 0 Å². The van der Waals surface area contributed by atoms with Gasteiger partial charge in [-0.1, -0.05) is 48.5 Å². The van der Waals surface area contributed by atoms with Crippen LogP contribution in [0.3, 0.4) is 0 Å². The van der Waals surface area contributed by atoms with Crippen molar-refractivity contribution in [3.63, 3.8) is 0 Å². The largest absolute Gasteiger partial charge is 0.338 e. The Morgan fingerprint density at radius 2 is 1.62 bits per heavy atom. The summed E-state index contributed by atoms with van der Waals surface area (Å²) >= 11 is 0. The number of nitrogens with one attached hydrogen (secondary N) is 1. The minimum Gasteiger partial charge on any atom is -0.338 e. The molecule has 3 rings (SSSR count). The highest BCUT2D eigenvalue weighted by molar-refractivity contribution is 5.92. The molecule has 0 saturated carbocycles. The molecule has 0 saturated heterocycles. The number of carbonyl (C=O) groups excluding carboxylic acids is 1. The fourth-order valence-electron chi connectivity index (χ4n) is 2.78. The summed E-state index contributed by atoms with van der Waals surface area (Å²) in [7, 11) is 1.76. The van der Waals surface area contributed by atoms with Crippen molar-refractivity contribution in [2.45, 2.75) is 20.4 Å². The van der Waals surface area contributed by atoms with Crippen molar-refractivity contribution in [2.24, 2.45) is 0 Å². The summed E-state index contributed by atoms with van der Waals surface area (Å²) in [6.45, 7) is 4.61. The second-order valence-electron chi connectivity index (χ2n) is 6.34. The molecular weight excluding hydrogens is 324 g/mol. The highest BCUT2D eigenvalue weighted by atomic mass is 16.2. The van der Waals surface area contributed by atoms with Crippen LogP contribution in [0.15, 0.2) is 60.7 Å². The molecule has 5 nitrogen and oxygen atoms in total. The van der Waals surface area contributed by atoms with Crippen LogP contribution in [0, 0.1) is 13.8 Å². The molecule has 0 aliphatic rings. The topological polar surface area (TPSA) is 58.1 Å². The third-order valence-electron chi connectivity index (χ3n) is 4.23. The highest BCUT2D eigenvalue weighted by Crippen LogP contribution is 2.23. The second-order valence-corrected chi connectivity index (χ2v) is 6.34. The molecule has 5 heteroatoms. The van der Waals surface area contributed by atoms with E-state index in [4.69, 9.17) is 0 Å². The SMILES string of the molecule is Cc1cccc(C)c1Nc1ccc(C(=O)N(C)Cc2ccccc2)nn1. The summed E-state index contributed by atoms with van der Waals surface area (Å²) in [5.41, 5.74) is 4.69. The zero-order valence-electron chi connectivity index (χ0n) is 15.2. The van der Waals surface area contributed by atoms with Gasteiger partial charge in [-0.05, 0) is 42.7 Å². The maximum absolute atomic E-state index is 12.5. The Morgan fingerprint density at radius 1 is 0.923 bits per heavy atom. The van der Waals surface area contributed by atoms with Gasteiger partial charge in [0.2, 0.25) is 0 Å². The van der Waals surface area contributed by atoms with E-state index in [-0.39, 0.29) is 5.91 Å². The molecule has 1 heterocycles. The Labute approximate surface area is 153 Å². The van der Waals surface area contributed by atoms with Gasteiger partial charge in [0.15, 0.2) is 11.5 Å². The summed E-state index contributed by atoms with van der Waals surface area (Å²) in [4.78, 5) is 14.2. The normalized spacial score (nSPS) is 10.4. The first kappa shape index (κ1) is 17.6. The van der Waals surface area contributed by atoms with Crippen LogP contribution in [0.4, 0.5) is 11.5 Å². The van der Waals surface area contributed by atoms with E-state index in [0.29, 0.717) is 18.1 Å². The maximum Gasteiger partial charge on any atom is 0.274 e. The minimum absolute atomic E-state index is 0.153. The zero-order valence-corrected chi connectivity index (χ0v) is 15.2. The number of benzene rings is 2. The average molecular weight is 346 g/mol. The summed E-state index contributed by atoms with van der Waals surface area (Å²) in [6, 6.07) is 19.4. The number of amides is 1. The van der Waals surface area contributed by atoms with Gasteiger partial charge in [0.05, 0.1) is 0 Å². The molecule has 0 bridgehead atoms. The molecule has 0 unspecified atom stereocenters. The first-order valence-corrected chi connectivity index (χ1v) is 8.51. The molecule has 0 fully saturated rings. The van der Waals surface area contributed by atoms with Crippen molar-refractivity contribution in [2.75, 3.05) is 12.4 Å². The Hall–Kier alpha value is -3.21. The standard InChI is InChI=1S/C21H22N4O/c1-15-8-7-9-16(2)20(15)22-19-13-12-18(23-24-19)21(26)25(3)14-17-10-5-4-6-11-17/h4-13H,14H2,1-3H3,(H,22,24). The molecule has 3 aromatic rings. The number of carbonyl (C=O) groups is 1. The molecule has 132 valence electrons. The lowest BCUT2D eigenvalue weighted by Crippen LogP contribution is -2.27. The van der Waals surface area contributed by atoms with Crippen molar-refractivity contribution in [3.05, 3.63) is 83.0 Å². The number of aryl methyl sites for hydroxylation is 2. The summed E-state index contributed by atoms with van der Waals surface area (Å²) in [6.07, 6.45) is 0. The fraction of sp³-hybridized carbons (Fsp3) is 0.190. The Morgan fingerprint density at radius 3 is 2.23 bits per heavy atom. The number of anilines is 2. The number of nitrogens with zero attached hydrogens (tertiary/aromatic N) is 3. The summed E-state index contributed by atoms with van der Waals surface area (Å²) in [5, 5.41) is 11.5. The van der Waals surface area contributed by atoms with Crippen molar-refractivity contribution in [1.82, 2.24) is 15.1 Å². The van der Waals surface area contributed by atoms with Gasteiger partial charge in [-0.2, -0.15) is 0 Å². The van der Waals surface area contributed by atoms with E-state index in [9.17, 15) is 4.79 Å². The first-order chi connectivity index (χ1) is 12.5. The summed E-state index contributed by atoms with van der Waals surface area (Å²) < 4.78 is 0. The molecule has 26 heavy (non-hydrogen) atoms.